The first kappa shape index (κ1) is 28.6. The molecular weight excluding hydrogens is 524 g/mol. The predicted molar refractivity (Wildman–Crippen MR) is 158 cm³/mol. The monoisotopic (exact) mass is 556 g/mol. The number of hydrogen-bond donors (Lipinski definition) is 1. The van der Waals surface area contributed by atoms with Crippen molar-refractivity contribution in [1.29, 1.82) is 0 Å². The molecule has 2 amide bonds. The molecule has 1 heterocycles. The summed E-state index contributed by atoms with van der Waals surface area (Å²) in [6, 6.07) is 25.9. The fourth-order valence-electron chi connectivity index (χ4n) is 4.45. The number of amides is 2. The number of thiophene rings is 1. The number of benzene rings is 3. The van der Waals surface area contributed by atoms with Gasteiger partial charge in [-0.25, -0.2) is 0 Å². The SMILES string of the molecule is CCOc1ccc(CCN(CCC(=O)O)C(=O)c2ccccc2-c2ccccc2C(=O)N(C)c2cccs2)cc1. The second kappa shape index (κ2) is 13.6. The summed E-state index contributed by atoms with van der Waals surface area (Å²) in [5.74, 6) is -0.660. The third kappa shape index (κ3) is 6.95. The fraction of sp³-hybridized carbons (Fsp3) is 0.219. The van der Waals surface area contributed by atoms with Crippen LogP contribution in [0.15, 0.2) is 90.3 Å². The van der Waals surface area contributed by atoms with Crippen LogP contribution >= 0.6 is 11.3 Å². The molecule has 8 heteroatoms. The van der Waals surface area contributed by atoms with Crippen LogP contribution in [0.1, 0.15) is 39.6 Å². The molecule has 40 heavy (non-hydrogen) atoms. The maximum Gasteiger partial charge on any atom is 0.305 e. The summed E-state index contributed by atoms with van der Waals surface area (Å²) in [4.78, 5) is 42.0. The highest BCUT2D eigenvalue weighted by Crippen LogP contribution is 2.31. The van der Waals surface area contributed by atoms with E-state index in [-0.39, 0.29) is 24.8 Å². The minimum absolute atomic E-state index is 0.0707. The van der Waals surface area contributed by atoms with Gasteiger partial charge in [0.2, 0.25) is 0 Å². The number of aliphatic carboxylic acids is 1. The standard InChI is InChI=1S/C32H32N2O5S/c1-3-39-24-16-14-23(15-17-24)18-20-34(21-19-30(35)36)32(38)28-12-7-5-10-26(28)25-9-4-6-11-27(25)31(37)33(2)29-13-8-22-40-29/h4-17,22H,3,18-21H2,1-2H3,(H,35,36). The molecular formula is C32H32N2O5S. The maximum absolute atomic E-state index is 13.9. The predicted octanol–water partition coefficient (Wildman–Crippen LogP) is 6.25. The van der Waals surface area contributed by atoms with E-state index in [0.29, 0.717) is 41.8 Å². The molecule has 4 aromatic rings. The lowest BCUT2D eigenvalue weighted by Gasteiger charge is -2.24. The summed E-state index contributed by atoms with van der Waals surface area (Å²) >= 11 is 1.47. The Balaban J connectivity index is 1.63. The van der Waals surface area contributed by atoms with Crippen LogP contribution in [0.3, 0.4) is 0 Å². The lowest BCUT2D eigenvalue weighted by Crippen LogP contribution is -2.35. The molecule has 7 nitrogen and oxygen atoms in total. The number of carbonyl (C=O) groups excluding carboxylic acids is 2. The van der Waals surface area contributed by atoms with E-state index in [0.717, 1.165) is 16.3 Å². The molecule has 0 spiro atoms. The van der Waals surface area contributed by atoms with Gasteiger partial charge in [0, 0.05) is 31.3 Å². The average molecular weight is 557 g/mol. The van der Waals surface area contributed by atoms with Gasteiger partial charge in [0.15, 0.2) is 0 Å². The van der Waals surface area contributed by atoms with E-state index in [2.05, 4.69) is 0 Å². The quantitative estimate of drug-likeness (QED) is 0.223. The van der Waals surface area contributed by atoms with E-state index in [1.807, 2.05) is 73.0 Å². The van der Waals surface area contributed by atoms with Gasteiger partial charge in [-0.2, -0.15) is 0 Å². The second-order valence-electron chi connectivity index (χ2n) is 9.17. The van der Waals surface area contributed by atoms with Crippen molar-refractivity contribution < 1.29 is 24.2 Å². The molecule has 4 rings (SSSR count). The molecule has 0 saturated heterocycles. The smallest absolute Gasteiger partial charge is 0.305 e. The van der Waals surface area contributed by atoms with E-state index in [9.17, 15) is 19.5 Å². The van der Waals surface area contributed by atoms with Crippen LogP contribution < -0.4 is 9.64 Å². The molecule has 0 aliphatic heterocycles. The number of nitrogens with zero attached hydrogens (tertiary/aromatic N) is 2. The molecule has 0 radical (unpaired) electrons. The Morgan fingerprint density at radius 2 is 1.43 bits per heavy atom. The fourth-order valence-corrected chi connectivity index (χ4v) is 5.14. The van der Waals surface area contributed by atoms with Crippen LogP contribution in [0.5, 0.6) is 5.75 Å². The Labute approximate surface area is 238 Å². The van der Waals surface area contributed by atoms with Gasteiger partial charge in [-0.15, -0.1) is 11.3 Å². The third-order valence-electron chi connectivity index (χ3n) is 6.53. The number of hydrogen-bond acceptors (Lipinski definition) is 5. The van der Waals surface area contributed by atoms with E-state index >= 15 is 0 Å². The van der Waals surface area contributed by atoms with Crippen LogP contribution in [0.2, 0.25) is 0 Å². The first-order valence-electron chi connectivity index (χ1n) is 13.1. The summed E-state index contributed by atoms with van der Waals surface area (Å²) in [5, 5.41) is 12.1. The van der Waals surface area contributed by atoms with E-state index in [4.69, 9.17) is 4.74 Å². The normalized spacial score (nSPS) is 10.7. The Kier molecular flexibility index (Phi) is 9.70. The van der Waals surface area contributed by atoms with Crippen molar-refractivity contribution in [3.8, 4) is 16.9 Å². The lowest BCUT2D eigenvalue weighted by atomic mass is 9.94. The summed E-state index contributed by atoms with van der Waals surface area (Å²) < 4.78 is 5.51. The second-order valence-corrected chi connectivity index (χ2v) is 10.1. The van der Waals surface area contributed by atoms with Gasteiger partial charge in [-0.05, 0) is 71.8 Å². The highest BCUT2D eigenvalue weighted by atomic mass is 32.1. The highest BCUT2D eigenvalue weighted by molar-refractivity contribution is 7.14. The van der Waals surface area contributed by atoms with E-state index in [1.165, 1.54) is 11.3 Å². The summed E-state index contributed by atoms with van der Waals surface area (Å²) in [7, 11) is 1.73. The van der Waals surface area contributed by atoms with Gasteiger partial charge in [0.1, 0.15) is 5.75 Å². The number of carbonyl (C=O) groups is 3. The molecule has 0 aliphatic carbocycles. The van der Waals surface area contributed by atoms with Crippen LogP contribution in [-0.4, -0.2) is 54.5 Å². The number of rotatable bonds is 12. The van der Waals surface area contributed by atoms with Crippen molar-refractivity contribution in [2.75, 3.05) is 31.6 Å². The average Bonchev–Trinajstić information content (AvgIpc) is 3.52. The Morgan fingerprint density at radius 3 is 2.00 bits per heavy atom. The van der Waals surface area contributed by atoms with Gasteiger partial charge in [0.05, 0.1) is 18.0 Å². The largest absolute Gasteiger partial charge is 0.494 e. The molecule has 0 fully saturated rings. The highest BCUT2D eigenvalue weighted by Gasteiger charge is 2.24. The summed E-state index contributed by atoms with van der Waals surface area (Å²) in [5.41, 5.74) is 3.17. The zero-order valence-corrected chi connectivity index (χ0v) is 23.4. The van der Waals surface area contributed by atoms with Crippen LogP contribution in [-0.2, 0) is 11.2 Å². The maximum atomic E-state index is 13.9. The Bertz CT molecular complexity index is 1450. The number of anilines is 1. The van der Waals surface area contributed by atoms with E-state index in [1.54, 1.807) is 41.1 Å². The lowest BCUT2D eigenvalue weighted by molar-refractivity contribution is -0.137. The molecule has 0 bridgehead atoms. The number of carboxylic acid groups (broad SMARTS) is 1. The van der Waals surface area contributed by atoms with Gasteiger partial charge in [0.25, 0.3) is 11.8 Å². The zero-order chi connectivity index (χ0) is 28.5. The van der Waals surface area contributed by atoms with Gasteiger partial charge in [-0.1, -0.05) is 48.5 Å². The summed E-state index contributed by atoms with van der Waals surface area (Å²) in [6.07, 6.45) is 0.387. The molecule has 0 unspecified atom stereocenters. The van der Waals surface area contributed by atoms with Gasteiger partial charge in [-0.3, -0.25) is 14.4 Å². The van der Waals surface area contributed by atoms with Gasteiger partial charge >= 0.3 is 5.97 Å². The number of carboxylic acids is 1. The first-order valence-corrected chi connectivity index (χ1v) is 14.0. The third-order valence-corrected chi connectivity index (χ3v) is 7.48. The minimum atomic E-state index is -0.972. The van der Waals surface area contributed by atoms with Crippen molar-refractivity contribution in [3.63, 3.8) is 0 Å². The zero-order valence-electron chi connectivity index (χ0n) is 22.6. The minimum Gasteiger partial charge on any atom is -0.494 e. The molecule has 0 aliphatic rings. The van der Waals surface area contributed by atoms with E-state index < -0.39 is 5.97 Å². The van der Waals surface area contributed by atoms with Gasteiger partial charge < -0.3 is 19.6 Å². The van der Waals surface area contributed by atoms with Crippen molar-refractivity contribution in [2.45, 2.75) is 19.8 Å². The Hall–Kier alpha value is -4.43. The Morgan fingerprint density at radius 1 is 0.800 bits per heavy atom. The molecule has 1 N–H and O–H groups in total. The van der Waals surface area contributed by atoms with Crippen LogP contribution in [0, 0.1) is 0 Å². The van der Waals surface area contributed by atoms with Crippen molar-refractivity contribution >= 4 is 34.1 Å². The van der Waals surface area contributed by atoms with Crippen molar-refractivity contribution in [2.24, 2.45) is 0 Å². The van der Waals surface area contributed by atoms with Crippen LogP contribution in [0.4, 0.5) is 5.00 Å². The van der Waals surface area contributed by atoms with Crippen molar-refractivity contribution in [1.82, 2.24) is 4.90 Å². The molecule has 3 aromatic carbocycles. The molecule has 206 valence electrons. The summed E-state index contributed by atoms with van der Waals surface area (Å²) in [6.45, 7) is 2.92. The topological polar surface area (TPSA) is 87.1 Å². The number of ether oxygens (including phenoxy) is 1. The van der Waals surface area contributed by atoms with Crippen LogP contribution in [0.25, 0.3) is 11.1 Å². The molecule has 0 saturated carbocycles. The molecule has 1 aromatic heterocycles. The van der Waals surface area contributed by atoms with Crippen molar-refractivity contribution in [3.05, 3.63) is 107 Å². The molecule has 0 atom stereocenters. The first-order chi connectivity index (χ1) is 19.4.